The molecule has 0 unspecified atom stereocenters. The third-order valence-electron chi connectivity index (χ3n) is 5.30. The van der Waals surface area contributed by atoms with Gasteiger partial charge in [-0.1, -0.05) is 34.5 Å². The van der Waals surface area contributed by atoms with Gasteiger partial charge in [0, 0.05) is 31.1 Å². The zero-order valence-electron chi connectivity index (χ0n) is 16.3. The highest BCUT2D eigenvalue weighted by Gasteiger charge is 2.33. The van der Waals surface area contributed by atoms with Crippen LogP contribution in [0.5, 0.6) is 0 Å². The number of hydrogen-bond acceptors (Lipinski definition) is 5. The summed E-state index contributed by atoms with van der Waals surface area (Å²) in [6.07, 6.45) is 0.889. The Morgan fingerprint density at radius 1 is 1.13 bits per heavy atom. The summed E-state index contributed by atoms with van der Waals surface area (Å²) >= 11 is 14.6. The van der Waals surface area contributed by atoms with Gasteiger partial charge in [-0.2, -0.15) is 9.30 Å². The van der Waals surface area contributed by atoms with E-state index in [2.05, 4.69) is 4.99 Å². The molecular weight excluding hydrogens is 485 g/mol. The Kier molecular flexibility index (Phi) is 6.13. The zero-order valence-corrected chi connectivity index (χ0v) is 20.2. The Morgan fingerprint density at radius 2 is 1.83 bits per heavy atom. The molecule has 1 aliphatic heterocycles. The van der Waals surface area contributed by atoms with Gasteiger partial charge in [0.05, 0.1) is 14.6 Å². The van der Waals surface area contributed by atoms with E-state index in [1.807, 2.05) is 30.7 Å². The summed E-state index contributed by atoms with van der Waals surface area (Å²) in [4.78, 5) is 17.8. The van der Waals surface area contributed by atoms with E-state index in [0.717, 1.165) is 27.1 Å². The number of benzene rings is 1. The molecule has 1 amide bonds. The fraction of sp³-hybridized carbons (Fsp3) is 0.368. The number of aryl methyl sites for hydroxylation is 2. The van der Waals surface area contributed by atoms with Crippen molar-refractivity contribution in [1.82, 2.24) is 8.87 Å². The van der Waals surface area contributed by atoms with Gasteiger partial charge >= 0.3 is 0 Å². The summed E-state index contributed by atoms with van der Waals surface area (Å²) in [5.74, 6) is -0.504. The molecule has 160 valence electrons. The van der Waals surface area contributed by atoms with Crippen molar-refractivity contribution >= 4 is 72.0 Å². The van der Waals surface area contributed by atoms with Gasteiger partial charge < -0.3 is 4.57 Å². The van der Waals surface area contributed by atoms with Crippen LogP contribution < -0.4 is 4.80 Å². The van der Waals surface area contributed by atoms with E-state index in [-0.39, 0.29) is 29.1 Å². The highest BCUT2D eigenvalue weighted by atomic mass is 35.5. The molecule has 30 heavy (non-hydrogen) atoms. The summed E-state index contributed by atoms with van der Waals surface area (Å²) in [5.41, 5.74) is 1.92. The fourth-order valence-corrected chi connectivity index (χ4v) is 7.95. The van der Waals surface area contributed by atoms with E-state index in [0.29, 0.717) is 27.0 Å². The molecule has 0 spiro atoms. The number of nitrogens with zero attached hydrogens (tertiary/aromatic N) is 3. The van der Waals surface area contributed by atoms with Gasteiger partial charge in [-0.05, 0) is 49.6 Å². The smallest absolute Gasteiger partial charge is 0.252 e. The van der Waals surface area contributed by atoms with E-state index in [4.69, 9.17) is 23.2 Å². The zero-order chi connectivity index (χ0) is 21.6. The maximum absolute atomic E-state index is 12.8. The van der Waals surface area contributed by atoms with Crippen LogP contribution in [-0.4, -0.2) is 36.3 Å². The van der Waals surface area contributed by atoms with Gasteiger partial charge in [0.1, 0.15) is 4.21 Å². The average Bonchev–Trinajstić information content (AvgIpc) is 3.29. The highest BCUT2D eigenvalue weighted by Crippen LogP contribution is 2.31. The number of halogens is 2. The Hall–Kier alpha value is -1.23. The summed E-state index contributed by atoms with van der Waals surface area (Å²) in [6, 6.07) is 6.87. The van der Waals surface area contributed by atoms with Crippen LogP contribution in [0.2, 0.25) is 9.36 Å². The minimum atomic E-state index is -3.57. The molecule has 0 N–H and O–H groups in total. The number of carbonyl (C=O) groups excluding carboxylic acids is 1. The minimum Gasteiger partial charge on any atom is -0.319 e. The van der Waals surface area contributed by atoms with Crippen molar-refractivity contribution in [2.24, 2.45) is 18.0 Å². The van der Waals surface area contributed by atoms with Crippen LogP contribution in [0.15, 0.2) is 33.5 Å². The number of thiophene rings is 1. The van der Waals surface area contributed by atoms with Crippen LogP contribution in [0.3, 0.4) is 0 Å². The molecule has 1 saturated heterocycles. The first-order valence-electron chi connectivity index (χ1n) is 9.27. The molecule has 4 rings (SSSR count). The first kappa shape index (κ1) is 22.0. The lowest BCUT2D eigenvalue weighted by Crippen LogP contribution is -2.40. The number of rotatable bonds is 3. The van der Waals surface area contributed by atoms with Crippen molar-refractivity contribution in [2.45, 2.75) is 24.0 Å². The van der Waals surface area contributed by atoms with Gasteiger partial charge in [-0.15, -0.1) is 11.3 Å². The largest absolute Gasteiger partial charge is 0.319 e. The topological polar surface area (TPSA) is 71.7 Å². The summed E-state index contributed by atoms with van der Waals surface area (Å²) < 4.78 is 30.4. The van der Waals surface area contributed by atoms with Crippen molar-refractivity contribution < 1.29 is 13.2 Å². The number of thiazole rings is 1. The molecule has 0 radical (unpaired) electrons. The Morgan fingerprint density at radius 3 is 2.47 bits per heavy atom. The van der Waals surface area contributed by atoms with Crippen LogP contribution in [-0.2, 0) is 21.9 Å². The van der Waals surface area contributed by atoms with E-state index in [1.54, 1.807) is 6.07 Å². The summed E-state index contributed by atoms with van der Waals surface area (Å²) in [6.45, 7) is 2.52. The molecule has 1 aliphatic rings. The van der Waals surface area contributed by atoms with Crippen LogP contribution in [0, 0.1) is 12.8 Å². The van der Waals surface area contributed by atoms with Gasteiger partial charge in [-0.25, -0.2) is 8.42 Å². The quantitative estimate of drug-likeness (QED) is 0.530. The van der Waals surface area contributed by atoms with Crippen molar-refractivity contribution in [3.8, 4) is 0 Å². The van der Waals surface area contributed by atoms with Crippen molar-refractivity contribution in [3.05, 3.63) is 44.0 Å². The molecule has 1 fully saturated rings. The molecule has 0 bridgehead atoms. The Balaban J connectivity index is 1.52. The first-order chi connectivity index (χ1) is 14.2. The van der Waals surface area contributed by atoms with Gasteiger partial charge in [-0.3, -0.25) is 4.79 Å². The maximum Gasteiger partial charge on any atom is 0.252 e. The molecule has 0 atom stereocenters. The molecule has 6 nitrogen and oxygen atoms in total. The van der Waals surface area contributed by atoms with Crippen LogP contribution in [0.25, 0.3) is 10.2 Å². The van der Waals surface area contributed by atoms with Crippen molar-refractivity contribution in [2.75, 3.05) is 13.1 Å². The lowest BCUT2D eigenvalue weighted by atomic mass is 9.98. The predicted molar refractivity (Wildman–Crippen MR) is 122 cm³/mol. The second kappa shape index (κ2) is 8.37. The van der Waals surface area contributed by atoms with Crippen molar-refractivity contribution in [1.29, 1.82) is 0 Å². The van der Waals surface area contributed by atoms with E-state index in [9.17, 15) is 13.2 Å². The standard InChI is InChI=1S/C19H19Cl2N3O3S3/c1-11-13(20)3-4-14-17(11)23(2)19(28-14)22-18(25)12-7-9-24(10-8-12)30(26,27)16-6-5-15(21)29-16/h3-6,12H,7-10H2,1-2H3. The first-order valence-corrected chi connectivity index (χ1v) is 13.1. The minimum absolute atomic E-state index is 0.211. The number of aromatic nitrogens is 1. The third kappa shape index (κ3) is 3.99. The normalized spacial score (nSPS) is 17.1. The number of piperidine rings is 1. The van der Waals surface area contributed by atoms with E-state index >= 15 is 0 Å². The molecule has 2 aromatic heterocycles. The Labute approximate surface area is 192 Å². The molecule has 11 heteroatoms. The van der Waals surface area contributed by atoms with E-state index in [1.165, 1.54) is 21.7 Å². The van der Waals surface area contributed by atoms with Crippen molar-refractivity contribution in [3.63, 3.8) is 0 Å². The molecule has 0 aliphatic carbocycles. The summed E-state index contributed by atoms with van der Waals surface area (Å²) in [5, 5.41) is 0.675. The number of amides is 1. The Bertz CT molecular complexity index is 1300. The lowest BCUT2D eigenvalue weighted by Gasteiger charge is -2.29. The highest BCUT2D eigenvalue weighted by molar-refractivity contribution is 7.91. The SMILES string of the molecule is Cc1c(Cl)ccc2sc(=NC(=O)C3CCN(S(=O)(=O)c4ccc(Cl)s4)CC3)n(C)c12. The second-order valence-corrected chi connectivity index (χ2v) is 12.4. The predicted octanol–water partition coefficient (Wildman–Crippen LogP) is 4.44. The molecule has 3 heterocycles. The third-order valence-corrected chi connectivity index (χ3v) is 10.4. The van der Waals surface area contributed by atoms with Gasteiger partial charge in [0.2, 0.25) is 0 Å². The van der Waals surface area contributed by atoms with E-state index < -0.39 is 10.0 Å². The fourth-order valence-electron chi connectivity index (χ4n) is 3.60. The molecule has 1 aromatic carbocycles. The van der Waals surface area contributed by atoms with Crippen LogP contribution in [0.1, 0.15) is 18.4 Å². The molecule has 0 saturated carbocycles. The number of fused-ring (bicyclic) bond motifs is 1. The molecular formula is C19H19Cl2N3O3S3. The number of sulfonamides is 1. The average molecular weight is 504 g/mol. The second-order valence-electron chi connectivity index (χ2n) is 7.15. The molecule has 3 aromatic rings. The lowest BCUT2D eigenvalue weighted by molar-refractivity contribution is -0.122. The van der Waals surface area contributed by atoms with Gasteiger partial charge in [0.15, 0.2) is 4.80 Å². The van der Waals surface area contributed by atoms with Crippen LogP contribution >= 0.6 is 45.9 Å². The number of hydrogen-bond donors (Lipinski definition) is 0. The maximum atomic E-state index is 12.8. The van der Waals surface area contributed by atoms with Gasteiger partial charge in [0.25, 0.3) is 15.9 Å². The number of carbonyl (C=O) groups is 1. The monoisotopic (exact) mass is 503 g/mol. The summed E-state index contributed by atoms with van der Waals surface area (Å²) in [7, 11) is -1.70. The van der Waals surface area contributed by atoms with Crippen LogP contribution in [0.4, 0.5) is 0 Å².